The van der Waals surface area contributed by atoms with Gasteiger partial charge in [-0.3, -0.25) is 0 Å². The number of rotatable bonds is 3. The highest BCUT2D eigenvalue weighted by molar-refractivity contribution is 9.10. The van der Waals surface area contributed by atoms with Gasteiger partial charge < -0.3 is 9.84 Å². The van der Waals surface area contributed by atoms with Crippen molar-refractivity contribution in [1.82, 2.24) is 0 Å². The minimum absolute atomic E-state index is 0.0543. The third-order valence-corrected chi connectivity index (χ3v) is 2.49. The van der Waals surface area contributed by atoms with Gasteiger partial charge in [-0.2, -0.15) is 0 Å². The van der Waals surface area contributed by atoms with E-state index in [9.17, 15) is 0 Å². The second-order valence-electron chi connectivity index (χ2n) is 2.77. The average Bonchev–Trinajstić information content (AvgIpc) is 2.16. The van der Waals surface area contributed by atoms with Crippen LogP contribution in [0.4, 0.5) is 0 Å². The Morgan fingerprint density at radius 1 is 1.62 bits per heavy atom. The molecule has 1 aromatic rings. The molecule has 2 nitrogen and oxygen atoms in total. The molecule has 0 fully saturated rings. The molecule has 0 aliphatic heterocycles. The molecular formula is C10H12BrO2. The van der Waals surface area contributed by atoms with Crippen molar-refractivity contribution in [2.45, 2.75) is 5.92 Å². The molecule has 0 aliphatic rings. The fraction of sp³-hybridized carbons (Fsp3) is 0.300. The lowest BCUT2D eigenvalue weighted by atomic mass is 10.0. The molecule has 3 heteroatoms. The molecule has 0 aromatic heterocycles. The summed E-state index contributed by atoms with van der Waals surface area (Å²) in [5, 5.41) is 8.90. The van der Waals surface area contributed by atoms with Crippen LogP contribution in [0, 0.1) is 6.92 Å². The van der Waals surface area contributed by atoms with Gasteiger partial charge in [-0.15, -0.1) is 0 Å². The van der Waals surface area contributed by atoms with Crippen molar-refractivity contribution < 1.29 is 9.84 Å². The molecule has 0 heterocycles. The van der Waals surface area contributed by atoms with E-state index in [0.717, 1.165) is 15.8 Å². The summed E-state index contributed by atoms with van der Waals surface area (Å²) in [5.41, 5.74) is 0.996. The lowest BCUT2D eigenvalue weighted by molar-refractivity contribution is 0.282. The van der Waals surface area contributed by atoms with Crippen LogP contribution in [0.3, 0.4) is 0 Å². The van der Waals surface area contributed by atoms with Crippen LogP contribution in [-0.2, 0) is 0 Å². The molecule has 1 rings (SSSR count). The Labute approximate surface area is 86.7 Å². The van der Waals surface area contributed by atoms with Gasteiger partial charge in [0.1, 0.15) is 5.75 Å². The molecule has 1 aromatic carbocycles. The topological polar surface area (TPSA) is 29.5 Å². The summed E-state index contributed by atoms with van der Waals surface area (Å²) in [6.07, 6.45) is 0. The fourth-order valence-corrected chi connectivity index (χ4v) is 1.60. The summed E-state index contributed by atoms with van der Waals surface area (Å²) in [7, 11) is 1.62. The van der Waals surface area contributed by atoms with Crippen molar-refractivity contribution in [1.29, 1.82) is 0 Å². The first kappa shape index (κ1) is 10.5. The highest BCUT2D eigenvalue weighted by Crippen LogP contribution is 2.28. The molecule has 0 saturated carbocycles. The van der Waals surface area contributed by atoms with E-state index in [1.54, 1.807) is 7.11 Å². The smallest absolute Gasteiger partial charge is 0.133 e. The standard InChI is InChI=1S/C10H12BrO2/c1-7(6-12)8-3-4-10(13-2)9(11)5-8/h3-5,7,12H,1,6H2,2H3. The molecule has 71 valence electrons. The second kappa shape index (κ2) is 4.63. The predicted octanol–water partition coefficient (Wildman–Crippen LogP) is 2.37. The van der Waals surface area contributed by atoms with Crippen molar-refractivity contribution in [3.8, 4) is 5.75 Å². The van der Waals surface area contributed by atoms with Crippen LogP contribution in [0.5, 0.6) is 5.75 Å². The zero-order valence-corrected chi connectivity index (χ0v) is 9.04. The van der Waals surface area contributed by atoms with Gasteiger partial charge in [0, 0.05) is 12.5 Å². The van der Waals surface area contributed by atoms with Crippen molar-refractivity contribution in [3.05, 3.63) is 35.2 Å². The summed E-state index contributed by atoms with van der Waals surface area (Å²) >= 11 is 3.37. The van der Waals surface area contributed by atoms with Crippen LogP contribution in [0.15, 0.2) is 22.7 Å². The Hall–Kier alpha value is -0.540. The minimum atomic E-state index is -0.0813. The van der Waals surface area contributed by atoms with Gasteiger partial charge in [-0.1, -0.05) is 6.07 Å². The first-order valence-corrected chi connectivity index (χ1v) is 4.75. The van der Waals surface area contributed by atoms with Gasteiger partial charge in [0.25, 0.3) is 0 Å². The Morgan fingerprint density at radius 3 is 2.77 bits per heavy atom. The maximum atomic E-state index is 8.90. The van der Waals surface area contributed by atoms with E-state index in [0.29, 0.717) is 0 Å². The summed E-state index contributed by atoms with van der Waals surface area (Å²) in [5.74, 6) is 0.705. The highest BCUT2D eigenvalue weighted by atomic mass is 79.9. The van der Waals surface area contributed by atoms with Crippen molar-refractivity contribution in [2.75, 3.05) is 13.7 Å². The quantitative estimate of drug-likeness (QED) is 0.884. The number of benzene rings is 1. The lowest BCUT2D eigenvalue weighted by Gasteiger charge is -2.10. The monoisotopic (exact) mass is 243 g/mol. The van der Waals surface area contributed by atoms with Crippen LogP contribution in [0.1, 0.15) is 11.5 Å². The van der Waals surface area contributed by atoms with E-state index in [2.05, 4.69) is 22.9 Å². The number of hydrogen-bond donors (Lipinski definition) is 1. The van der Waals surface area contributed by atoms with Crippen molar-refractivity contribution in [2.24, 2.45) is 0 Å². The van der Waals surface area contributed by atoms with Crippen LogP contribution in [0.25, 0.3) is 0 Å². The minimum Gasteiger partial charge on any atom is -0.496 e. The third-order valence-electron chi connectivity index (χ3n) is 1.87. The van der Waals surface area contributed by atoms with Gasteiger partial charge in [0.15, 0.2) is 0 Å². The van der Waals surface area contributed by atoms with E-state index >= 15 is 0 Å². The summed E-state index contributed by atoms with van der Waals surface area (Å²) in [6, 6.07) is 5.66. The maximum absolute atomic E-state index is 8.90. The molecule has 13 heavy (non-hydrogen) atoms. The Morgan fingerprint density at radius 2 is 2.31 bits per heavy atom. The predicted molar refractivity (Wildman–Crippen MR) is 55.9 cm³/mol. The molecule has 1 radical (unpaired) electrons. The number of methoxy groups -OCH3 is 1. The van der Waals surface area contributed by atoms with Crippen LogP contribution in [0.2, 0.25) is 0 Å². The van der Waals surface area contributed by atoms with Gasteiger partial charge in [-0.25, -0.2) is 0 Å². The number of aliphatic hydroxyl groups is 1. The van der Waals surface area contributed by atoms with E-state index in [-0.39, 0.29) is 12.5 Å². The van der Waals surface area contributed by atoms with Crippen LogP contribution < -0.4 is 4.74 Å². The number of aliphatic hydroxyl groups excluding tert-OH is 1. The van der Waals surface area contributed by atoms with Gasteiger partial charge in [0.2, 0.25) is 0 Å². The molecule has 1 atom stereocenters. The fourth-order valence-electron chi connectivity index (χ4n) is 1.04. The van der Waals surface area contributed by atoms with Gasteiger partial charge >= 0.3 is 0 Å². The number of ether oxygens (including phenoxy) is 1. The summed E-state index contributed by atoms with van der Waals surface area (Å²) in [6.45, 7) is 3.87. The highest BCUT2D eigenvalue weighted by Gasteiger charge is 2.06. The second-order valence-corrected chi connectivity index (χ2v) is 3.63. The molecule has 0 bridgehead atoms. The summed E-state index contributed by atoms with van der Waals surface area (Å²) in [4.78, 5) is 0. The first-order chi connectivity index (χ1) is 6.19. The average molecular weight is 244 g/mol. The Balaban J connectivity index is 2.95. The molecule has 0 aliphatic carbocycles. The molecule has 0 spiro atoms. The van der Waals surface area contributed by atoms with E-state index in [4.69, 9.17) is 9.84 Å². The van der Waals surface area contributed by atoms with E-state index in [1.165, 1.54) is 0 Å². The Kier molecular flexibility index (Phi) is 3.75. The van der Waals surface area contributed by atoms with Crippen molar-refractivity contribution in [3.63, 3.8) is 0 Å². The third kappa shape index (κ3) is 2.45. The zero-order chi connectivity index (χ0) is 9.84. The normalized spacial score (nSPS) is 12.6. The molecular weight excluding hydrogens is 232 g/mol. The largest absolute Gasteiger partial charge is 0.496 e. The van der Waals surface area contributed by atoms with Crippen LogP contribution in [-0.4, -0.2) is 18.8 Å². The lowest BCUT2D eigenvalue weighted by Crippen LogP contribution is -1.99. The van der Waals surface area contributed by atoms with Gasteiger partial charge in [0.05, 0.1) is 11.6 Å². The molecule has 1 unspecified atom stereocenters. The van der Waals surface area contributed by atoms with Crippen molar-refractivity contribution >= 4 is 15.9 Å². The summed E-state index contributed by atoms with van der Waals surface area (Å²) < 4.78 is 5.97. The number of halogens is 1. The zero-order valence-electron chi connectivity index (χ0n) is 7.46. The SMILES string of the molecule is [CH2]C(CO)c1ccc(OC)c(Br)c1. The molecule has 0 saturated heterocycles. The first-order valence-electron chi connectivity index (χ1n) is 3.96. The van der Waals surface area contributed by atoms with E-state index < -0.39 is 0 Å². The van der Waals surface area contributed by atoms with Gasteiger partial charge in [-0.05, 0) is 40.5 Å². The maximum Gasteiger partial charge on any atom is 0.133 e. The molecule has 0 amide bonds. The number of hydrogen-bond acceptors (Lipinski definition) is 2. The Bertz CT molecular complexity index is 286. The van der Waals surface area contributed by atoms with Crippen LogP contribution >= 0.6 is 15.9 Å². The molecule has 1 N–H and O–H groups in total. The van der Waals surface area contributed by atoms with E-state index in [1.807, 2.05) is 18.2 Å².